The van der Waals surface area contributed by atoms with Gasteiger partial charge in [0.15, 0.2) is 0 Å². The van der Waals surface area contributed by atoms with Crippen molar-refractivity contribution in [2.45, 2.75) is 45.6 Å². The van der Waals surface area contributed by atoms with E-state index in [1.807, 2.05) is 20.8 Å². The summed E-state index contributed by atoms with van der Waals surface area (Å²) in [5.41, 5.74) is -0.496. The molecule has 0 aliphatic carbocycles. The molecule has 110 valence electrons. The minimum Gasteiger partial charge on any atom is -0.444 e. The minimum atomic E-state index is -0.496. The number of hydrogen-bond donors (Lipinski definition) is 0. The number of nitrogens with zero attached hydrogens (tertiary/aromatic N) is 1. The molecule has 0 spiro atoms. The Hall–Kier alpha value is -1.10. The highest BCUT2D eigenvalue weighted by molar-refractivity contribution is 5.82. The molecule has 1 amide bonds. The number of carbonyl (C=O) groups is 2. The van der Waals surface area contributed by atoms with Crippen molar-refractivity contribution < 1.29 is 19.1 Å². The highest BCUT2D eigenvalue weighted by atomic mass is 16.6. The quantitative estimate of drug-likeness (QED) is 0.787. The second-order valence-corrected chi connectivity index (χ2v) is 5.97. The van der Waals surface area contributed by atoms with Gasteiger partial charge in [-0.15, -0.1) is 0 Å². The van der Waals surface area contributed by atoms with Crippen molar-refractivity contribution >= 4 is 11.9 Å². The standard InChI is InChI=1S/C14H25NO4/c1-14(2,3)19-13(17)15-8-5-6-11(10-15)12(16)7-9-18-4/h11H,5-10H2,1-4H3. The van der Waals surface area contributed by atoms with Gasteiger partial charge < -0.3 is 14.4 Å². The maximum Gasteiger partial charge on any atom is 0.410 e. The lowest BCUT2D eigenvalue weighted by Crippen LogP contribution is -2.44. The molecule has 1 aliphatic heterocycles. The third kappa shape index (κ3) is 5.59. The van der Waals surface area contributed by atoms with E-state index in [-0.39, 0.29) is 17.8 Å². The summed E-state index contributed by atoms with van der Waals surface area (Å²) < 4.78 is 10.3. The Morgan fingerprint density at radius 3 is 2.58 bits per heavy atom. The van der Waals surface area contributed by atoms with E-state index in [0.29, 0.717) is 26.1 Å². The fraction of sp³-hybridized carbons (Fsp3) is 0.857. The Labute approximate surface area is 115 Å². The first-order valence-corrected chi connectivity index (χ1v) is 6.83. The van der Waals surface area contributed by atoms with Crippen LogP contribution in [0, 0.1) is 5.92 Å². The number of Topliss-reactive ketones (excluding diaryl/α,β-unsaturated/α-hetero) is 1. The second kappa shape index (κ2) is 6.89. The number of hydrogen-bond acceptors (Lipinski definition) is 4. The summed E-state index contributed by atoms with van der Waals surface area (Å²) in [5, 5.41) is 0. The number of ketones is 1. The van der Waals surface area contributed by atoms with Gasteiger partial charge in [0.2, 0.25) is 0 Å². The third-order valence-corrected chi connectivity index (χ3v) is 3.08. The molecule has 0 saturated carbocycles. The van der Waals surface area contributed by atoms with Crippen molar-refractivity contribution in [2.24, 2.45) is 5.92 Å². The zero-order chi connectivity index (χ0) is 14.5. The Bertz CT molecular complexity index is 322. The van der Waals surface area contributed by atoms with Gasteiger partial charge in [-0.3, -0.25) is 4.79 Å². The molecule has 0 aromatic rings. The topological polar surface area (TPSA) is 55.8 Å². The van der Waals surface area contributed by atoms with Crippen molar-refractivity contribution in [3.63, 3.8) is 0 Å². The van der Waals surface area contributed by atoms with E-state index < -0.39 is 5.60 Å². The van der Waals surface area contributed by atoms with Crippen LogP contribution in [0.3, 0.4) is 0 Å². The summed E-state index contributed by atoms with van der Waals surface area (Å²) in [7, 11) is 1.58. The lowest BCUT2D eigenvalue weighted by atomic mass is 9.92. The molecule has 1 unspecified atom stereocenters. The van der Waals surface area contributed by atoms with Gasteiger partial charge in [-0.1, -0.05) is 0 Å². The Balaban J connectivity index is 2.50. The van der Waals surface area contributed by atoms with E-state index in [0.717, 1.165) is 12.8 Å². The number of piperidine rings is 1. The molecule has 0 radical (unpaired) electrons. The van der Waals surface area contributed by atoms with E-state index in [2.05, 4.69) is 0 Å². The fourth-order valence-corrected chi connectivity index (χ4v) is 2.14. The summed E-state index contributed by atoms with van der Waals surface area (Å²) in [6.45, 7) is 7.12. The van der Waals surface area contributed by atoms with Gasteiger partial charge in [0, 0.05) is 32.5 Å². The summed E-state index contributed by atoms with van der Waals surface area (Å²) in [6.07, 6.45) is 1.80. The minimum absolute atomic E-state index is 0.0728. The van der Waals surface area contributed by atoms with Gasteiger partial charge in [-0.05, 0) is 33.6 Å². The Morgan fingerprint density at radius 2 is 2.00 bits per heavy atom. The number of methoxy groups -OCH3 is 1. The lowest BCUT2D eigenvalue weighted by Gasteiger charge is -2.33. The van der Waals surface area contributed by atoms with E-state index >= 15 is 0 Å². The number of amides is 1. The van der Waals surface area contributed by atoms with E-state index in [9.17, 15) is 9.59 Å². The van der Waals surface area contributed by atoms with Crippen LogP contribution in [0.1, 0.15) is 40.0 Å². The highest BCUT2D eigenvalue weighted by Crippen LogP contribution is 2.20. The maximum atomic E-state index is 12.0. The van der Waals surface area contributed by atoms with E-state index in [1.165, 1.54) is 0 Å². The molecule has 0 bridgehead atoms. The molecule has 0 N–H and O–H groups in total. The molecule has 5 nitrogen and oxygen atoms in total. The molecular weight excluding hydrogens is 246 g/mol. The zero-order valence-electron chi connectivity index (χ0n) is 12.4. The van der Waals surface area contributed by atoms with E-state index in [1.54, 1.807) is 12.0 Å². The smallest absolute Gasteiger partial charge is 0.410 e. The molecule has 1 fully saturated rings. The predicted octanol–water partition coefficient (Wildman–Crippen LogP) is 2.24. The molecule has 5 heteroatoms. The monoisotopic (exact) mass is 271 g/mol. The van der Waals surface area contributed by atoms with Crippen molar-refractivity contribution in [1.29, 1.82) is 0 Å². The molecule has 1 aliphatic rings. The van der Waals surface area contributed by atoms with E-state index in [4.69, 9.17) is 9.47 Å². The van der Waals surface area contributed by atoms with Crippen LogP contribution in [-0.2, 0) is 14.3 Å². The SMILES string of the molecule is COCCC(=O)C1CCCN(C(=O)OC(C)(C)C)C1. The predicted molar refractivity (Wildman–Crippen MR) is 72.0 cm³/mol. The number of carbonyl (C=O) groups excluding carboxylic acids is 2. The van der Waals surface area contributed by atoms with Gasteiger partial charge in [0.05, 0.1) is 6.61 Å². The largest absolute Gasteiger partial charge is 0.444 e. The maximum absolute atomic E-state index is 12.0. The first-order valence-electron chi connectivity index (χ1n) is 6.83. The van der Waals surface area contributed by atoms with Crippen LogP contribution in [0.15, 0.2) is 0 Å². The normalized spacial score (nSPS) is 20.2. The molecule has 1 atom stereocenters. The molecule has 1 rings (SSSR count). The second-order valence-electron chi connectivity index (χ2n) is 5.97. The molecule has 1 heterocycles. The van der Waals surface area contributed by atoms with Crippen molar-refractivity contribution in [3.8, 4) is 0 Å². The summed E-state index contributed by atoms with van der Waals surface area (Å²) in [4.78, 5) is 25.6. The first kappa shape index (κ1) is 16.0. The molecule has 19 heavy (non-hydrogen) atoms. The molecular formula is C14H25NO4. The van der Waals surface area contributed by atoms with Crippen molar-refractivity contribution in [3.05, 3.63) is 0 Å². The van der Waals surface area contributed by atoms with Crippen LogP contribution in [-0.4, -0.2) is 49.2 Å². The lowest BCUT2D eigenvalue weighted by molar-refractivity contribution is -0.125. The van der Waals surface area contributed by atoms with Crippen molar-refractivity contribution in [2.75, 3.05) is 26.8 Å². The summed E-state index contributed by atoms with van der Waals surface area (Å²) >= 11 is 0. The van der Waals surface area contributed by atoms with Gasteiger partial charge >= 0.3 is 6.09 Å². The van der Waals surface area contributed by atoms with Crippen LogP contribution in [0.25, 0.3) is 0 Å². The average molecular weight is 271 g/mol. The summed E-state index contributed by atoms with van der Waals surface area (Å²) in [6, 6.07) is 0. The number of likely N-dealkylation sites (tertiary alicyclic amines) is 1. The Morgan fingerprint density at radius 1 is 1.32 bits per heavy atom. The summed E-state index contributed by atoms with van der Waals surface area (Å²) in [5.74, 6) is 0.103. The fourth-order valence-electron chi connectivity index (χ4n) is 2.14. The van der Waals surface area contributed by atoms with Gasteiger partial charge in [-0.2, -0.15) is 0 Å². The van der Waals surface area contributed by atoms with Crippen molar-refractivity contribution in [1.82, 2.24) is 4.90 Å². The number of ether oxygens (including phenoxy) is 2. The average Bonchev–Trinajstić information content (AvgIpc) is 2.34. The first-order chi connectivity index (χ1) is 8.83. The third-order valence-electron chi connectivity index (χ3n) is 3.08. The highest BCUT2D eigenvalue weighted by Gasteiger charge is 2.30. The molecule has 0 aromatic heterocycles. The van der Waals surface area contributed by atoms with Crippen LogP contribution in [0.5, 0.6) is 0 Å². The van der Waals surface area contributed by atoms with Crippen LogP contribution in [0.2, 0.25) is 0 Å². The Kier molecular flexibility index (Phi) is 5.79. The van der Waals surface area contributed by atoms with Gasteiger partial charge in [0.1, 0.15) is 11.4 Å². The molecule has 0 aromatic carbocycles. The van der Waals surface area contributed by atoms with Gasteiger partial charge in [-0.25, -0.2) is 4.79 Å². The van der Waals surface area contributed by atoms with Crippen LogP contribution < -0.4 is 0 Å². The number of rotatable bonds is 4. The molecule has 1 saturated heterocycles. The van der Waals surface area contributed by atoms with Crippen LogP contribution >= 0.6 is 0 Å². The van der Waals surface area contributed by atoms with Crippen LogP contribution in [0.4, 0.5) is 4.79 Å². The van der Waals surface area contributed by atoms with Gasteiger partial charge in [0.25, 0.3) is 0 Å². The zero-order valence-corrected chi connectivity index (χ0v) is 12.4.